The van der Waals surface area contributed by atoms with Crippen LogP contribution >= 0.6 is 0 Å². The standard InChI is InChI=1S/C18H22N2O3/c1-10-5-6-12(16(21)19-10)17(22)20-14-8-18(3,4)9-15-13(14)7-11(2)23-15/h5-7,14H,8-9H2,1-4H3,(H,19,21)(H,20,22). The van der Waals surface area contributed by atoms with Gasteiger partial charge in [-0.1, -0.05) is 13.8 Å². The molecule has 0 radical (unpaired) electrons. The number of fused-ring (bicyclic) bond motifs is 1. The molecule has 0 saturated carbocycles. The lowest BCUT2D eigenvalue weighted by molar-refractivity contribution is 0.0916. The molecule has 2 heterocycles. The quantitative estimate of drug-likeness (QED) is 0.894. The van der Waals surface area contributed by atoms with Crippen LogP contribution in [-0.2, 0) is 6.42 Å². The molecule has 23 heavy (non-hydrogen) atoms. The first kappa shape index (κ1) is 15.6. The number of nitrogens with one attached hydrogen (secondary N) is 2. The summed E-state index contributed by atoms with van der Waals surface area (Å²) in [7, 11) is 0. The Morgan fingerprint density at radius 1 is 1.35 bits per heavy atom. The second-order valence-corrected chi connectivity index (χ2v) is 7.19. The fourth-order valence-electron chi connectivity index (χ4n) is 3.30. The highest BCUT2D eigenvalue weighted by Crippen LogP contribution is 2.42. The first-order valence-electron chi connectivity index (χ1n) is 7.85. The maximum Gasteiger partial charge on any atom is 0.260 e. The number of amides is 1. The number of carbonyl (C=O) groups excluding carboxylic acids is 1. The molecule has 5 heteroatoms. The van der Waals surface area contributed by atoms with Crippen molar-refractivity contribution in [2.75, 3.05) is 0 Å². The fourth-order valence-corrected chi connectivity index (χ4v) is 3.30. The van der Waals surface area contributed by atoms with E-state index in [0.29, 0.717) is 0 Å². The number of hydrogen-bond acceptors (Lipinski definition) is 3. The Bertz CT molecular complexity index is 814. The number of hydrogen-bond donors (Lipinski definition) is 2. The maximum absolute atomic E-state index is 12.5. The Hall–Kier alpha value is -2.30. The molecule has 1 unspecified atom stereocenters. The number of aromatic amines is 1. The molecule has 1 aliphatic rings. The van der Waals surface area contributed by atoms with Crippen molar-refractivity contribution in [1.29, 1.82) is 0 Å². The first-order chi connectivity index (χ1) is 10.7. The average Bonchev–Trinajstić information content (AvgIpc) is 2.77. The zero-order valence-corrected chi connectivity index (χ0v) is 13.9. The number of H-pyrrole nitrogens is 1. The van der Waals surface area contributed by atoms with Crippen molar-refractivity contribution >= 4 is 5.91 Å². The molecule has 3 rings (SSSR count). The summed E-state index contributed by atoms with van der Waals surface area (Å²) >= 11 is 0. The third-order valence-electron chi connectivity index (χ3n) is 4.34. The number of aromatic nitrogens is 1. The van der Waals surface area contributed by atoms with Crippen LogP contribution in [-0.4, -0.2) is 10.9 Å². The van der Waals surface area contributed by atoms with Crippen molar-refractivity contribution in [3.8, 4) is 0 Å². The topological polar surface area (TPSA) is 75.1 Å². The van der Waals surface area contributed by atoms with Crippen LogP contribution in [0.4, 0.5) is 0 Å². The van der Waals surface area contributed by atoms with Gasteiger partial charge < -0.3 is 14.7 Å². The molecule has 0 bridgehead atoms. The van der Waals surface area contributed by atoms with Crippen LogP contribution in [0.5, 0.6) is 0 Å². The van der Waals surface area contributed by atoms with E-state index in [0.717, 1.165) is 35.6 Å². The van der Waals surface area contributed by atoms with Crippen molar-refractivity contribution in [3.05, 3.63) is 56.9 Å². The van der Waals surface area contributed by atoms with E-state index >= 15 is 0 Å². The molecule has 0 aliphatic heterocycles. The normalized spacial score (nSPS) is 19.2. The predicted octanol–water partition coefficient (Wildman–Crippen LogP) is 3.03. The highest BCUT2D eigenvalue weighted by atomic mass is 16.3. The van der Waals surface area contributed by atoms with E-state index in [9.17, 15) is 9.59 Å². The summed E-state index contributed by atoms with van der Waals surface area (Å²) in [5.74, 6) is 1.43. The van der Waals surface area contributed by atoms with E-state index in [4.69, 9.17) is 4.42 Å². The largest absolute Gasteiger partial charge is 0.466 e. The Kier molecular flexibility index (Phi) is 3.66. The first-order valence-corrected chi connectivity index (χ1v) is 7.85. The van der Waals surface area contributed by atoms with Gasteiger partial charge in [-0.15, -0.1) is 0 Å². The minimum absolute atomic E-state index is 0.0366. The van der Waals surface area contributed by atoms with Gasteiger partial charge >= 0.3 is 0 Å². The van der Waals surface area contributed by atoms with Crippen LogP contribution in [0.15, 0.2) is 27.4 Å². The number of aryl methyl sites for hydroxylation is 2. The van der Waals surface area contributed by atoms with Crippen molar-refractivity contribution in [1.82, 2.24) is 10.3 Å². The van der Waals surface area contributed by atoms with E-state index in [-0.39, 0.29) is 28.5 Å². The second-order valence-electron chi connectivity index (χ2n) is 7.19. The summed E-state index contributed by atoms with van der Waals surface area (Å²) in [6, 6.07) is 5.14. The lowest BCUT2D eigenvalue weighted by atomic mass is 9.74. The summed E-state index contributed by atoms with van der Waals surface area (Å²) in [5, 5.41) is 3.00. The maximum atomic E-state index is 12.5. The van der Waals surface area contributed by atoms with Crippen LogP contribution in [0.1, 0.15) is 59.4 Å². The Labute approximate surface area is 135 Å². The van der Waals surface area contributed by atoms with Crippen LogP contribution in [0.2, 0.25) is 0 Å². The predicted molar refractivity (Wildman–Crippen MR) is 87.6 cm³/mol. The van der Waals surface area contributed by atoms with Crippen molar-refractivity contribution in [2.24, 2.45) is 5.41 Å². The van der Waals surface area contributed by atoms with E-state index in [1.165, 1.54) is 0 Å². The van der Waals surface area contributed by atoms with Gasteiger partial charge in [0.25, 0.3) is 11.5 Å². The van der Waals surface area contributed by atoms with Crippen LogP contribution in [0.3, 0.4) is 0 Å². The smallest absolute Gasteiger partial charge is 0.260 e. The lowest BCUT2D eigenvalue weighted by Crippen LogP contribution is -2.38. The average molecular weight is 314 g/mol. The molecule has 122 valence electrons. The molecular formula is C18H22N2O3. The van der Waals surface area contributed by atoms with E-state index in [1.807, 2.05) is 13.0 Å². The van der Waals surface area contributed by atoms with Gasteiger partial charge in [-0.3, -0.25) is 9.59 Å². The molecule has 1 amide bonds. The zero-order valence-electron chi connectivity index (χ0n) is 13.9. The van der Waals surface area contributed by atoms with Gasteiger partial charge in [-0.05, 0) is 43.9 Å². The van der Waals surface area contributed by atoms with Gasteiger partial charge in [-0.25, -0.2) is 0 Å². The van der Waals surface area contributed by atoms with Gasteiger partial charge in [0.1, 0.15) is 17.1 Å². The Morgan fingerprint density at radius 3 is 2.78 bits per heavy atom. The van der Waals surface area contributed by atoms with Gasteiger partial charge in [0.15, 0.2) is 0 Å². The van der Waals surface area contributed by atoms with Crippen LogP contribution in [0, 0.1) is 19.3 Å². The molecule has 0 fully saturated rings. The number of pyridine rings is 1. The van der Waals surface area contributed by atoms with E-state index in [2.05, 4.69) is 24.1 Å². The molecule has 1 aliphatic carbocycles. The lowest BCUT2D eigenvalue weighted by Gasteiger charge is -2.34. The van der Waals surface area contributed by atoms with Gasteiger partial charge in [-0.2, -0.15) is 0 Å². The van der Waals surface area contributed by atoms with Crippen molar-refractivity contribution < 1.29 is 9.21 Å². The molecule has 2 aromatic rings. The molecule has 0 spiro atoms. The van der Waals surface area contributed by atoms with Gasteiger partial charge in [0, 0.05) is 17.7 Å². The summed E-state index contributed by atoms with van der Waals surface area (Å²) < 4.78 is 5.78. The van der Waals surface area contributed by atoms with Crippen LogP contribution in [0.25, 0.3) is 0 Å². The van der Waals surface area contributed by atoms with E-state index < -0.39 is 0 Å². The monoisotopic (exact) mass is 314 g/mol. The van der Waals surface area contributed by atoms with E-state index in [1.54, 1.807) is 19.1 Å². The number of furan rings is 1. The van der Waals surface area contributed by atoms with Gasteiger partial charge in [0.2, 0.25) is 0 Å². The summed E-state index contributed by atoms with van der Waals surface area (Å²) in [5.41, 5.74) is 1.58. The third-order valence-corrected chi connectivity index (χ3v) is 4.34. The molecule has 0 saturated heterocycles. The van der Waals surface area contributed by atoms with Gasteiger partial charge in [0.05, 0.1) is 6.04 Å². The highest BCUT2D eigenvalue weighted by Gasteiger charge is 2.35. The highest BCUT2D eigenvalue weighted by molar-refractivity contribution is 5.94. The molecule has 0 aromatic carbocycles. The van der Waals surface area contributed by atoms with Crippen molar-refractivity contribution in [3.63, 3.8) is 0 Å². The number of rotatable bonds is 2. The Morgan fingerprint density at radius 2 is 2.09 bits per heavy atom. The molecule has 2 N–H and O–H groups in total. The molecular weight excluding hydrogens is 292 g/mol. The number of carbonyl (C=O) groups is 1. The summed E-state index contributed by atoms with van der Waals surface area (Å²) in [6.45, 7) is 8.01. The zero-order chi connectivity index (χ0) is 16.8. The Balaban J connectivity index is 1.90. The SMILES string of the molecule is Cc1ccc(C(=O)NC2CC(C)(C)Cc3oc(C)cc32)c(=O)[nH]1. The third kappa shape index (κ3) is 3.09. The van der Waals surface area contributed by atoms with Crippen molar-refractivity contribution in [2.45, 2.75) is 46.6 Å². The van der Waals surface area contributed by atoms with Crippen LogP contribution < -0.4 is 10.9 Å². The minimum Gasteiger partial charge on any atom is -0.466 e. The molecule has 5 nitrogen and oxygen atoms in total. The minimum atomic E-state index is -0.360. The fraction of sp³-hybridized carbons (Fsp3) is 0.444. The molecule has 2 aromatic heterocycles. The second kappa shape index (κ2) is 5.41. The summed E-state index contributed by atoms with van der Waals surface area (Å²) in [6.07, 6.45) is 1.67. The summed E-state index contributed by atoms with van der Waals surface area (Å²) in [4.78, 5) is 27.1. The molecule has 1 atom stereocenters.